The van der Waals surface area contributed by atoms with E-state index in [0.717, 1.165) is 63.6 Å². The fourth-order valence-electron chi connectivity index (χ4n) is 13.1. The van der Waals surface area contributed by atoms with Gasteiger partial charge in [-0.2, -0.15) is 0 Å². The minimum atomic E-state index is -1.69. The highest BCUT2D eigenvalue weighted by Gasteiger charge is 2.47. The van der Waals surface area contributed by atoms with Crippen molar-refractivity contribution in [3.63, 3.8) is 0 Å². The number of aliphatic imine (C=N–C) groups is 1. The second-order valence-corrected chi connectivity index (χ2v) is 21.5. The Balaban J connectivity index is 1.42. The van der Waals surface area contributed by atoms with Gasteiger partial charge in [0.25, 0.3) is 0 Å². The summed E-state index contributed by atoms with van der Waals surface area (Å²) < 4.78 is 5.82. The van der Waals surface area contributed by atoms with E-state index in [1.807, 2.05) is 6.21 Å². The molecule has 0 spiro atoms. The van der Waals surface area contributed by atoms with Crippen LogP contribution < -0.4 is 11.1 Å². The number of ketones is 2. The van der Waals surface area contributed by atoms with E-state index in [4.69, 9.17) is 15.5 Å². The summed E-state index contributed by atoms with van der Waals surface area (Å²) >= 11 is 0. The van der Waals surface area contributed by atoms with Crippen LogP contribution in [0.2, 0.25) is 0 Å². The lowest BCUT2D eigenvalue weighted by atomic mass is 9.60. The van der Waals surface area contributed by atoms with Crippen LogP contribution in [0.1, 0.15) is 157 Å². The van der Waals surface area contributed by atoms with Crippen LogP contribution in [0.5, 0.6) is 0 Å². The molecule has 0 bridgehead atoms. The molecule has 9 heteroatoms. The maximum absolute atomic E-state index is 14.9. The number of allylic oxidation sites excluding steroid dienone is 1. The van der Waals surface area contributed by atoms with Crippen molar-refractivity contribution < 1.29 is 29.6 Å². The summed E-state index contributed by atoms with van der Waals surface area (Å²) in [5.74, 6) is 10.2. The summed E-state index contributed by atoms with van der Waals surface area (Å²) in [7, 11) is 1.66. The first-order chi connectivity index (χ1) is 29.3. The lowest BCUT2D eigenvalue weighted by molar-refractivity contribution is -0.142. The molecule has 2 heterocycles. The normalized spacial score (nSPS) is 38.7. The van der Waals surface area contributed by atoms with Crippen molar-refractivity contribution in [2.24, 2.45) is 87.7 Å². The number of nitrogens with two attached hydrogens (primary N) is 1. The first-order valence-electron chi connectivity index (χ1n) is 25.0. The quantitative estimate of drug-likeness (QED) is 0.0666. The molecule has 0 aromatic heterocycles. The zero-order valence-electron chi connectivity index (χ0n) is 38.8. The third kappa shape index (κ3) is 12.6. The molecule has 1 saturated heterocycles. The molecular weight excluding hydrogens is 763 g/mol. The van der Waals surface area contributed by atoms with Crippen LogP contribution in [0.15, 0.2) is 16.8 Å². The van der Waals surface area contributed by atoms with Crippen molar-refractivity contribution in [3.8, 4) is 11.8 Å². The zero-order valence-corrected chi connectivity index (χ0v) is 38.8. The SMILES string of the molecule is CCC[C@@H]([C@H]1C[C@@H](CC2CCNC(N)C2)C[C@@H]2C#C[C@H](C3CCCCC3CCC(C)C)C3CC(O)C(OC)CC3CCC(=O)[C@H](O)C(=O)[C@H]2C1)[C@H](O)CC1=C[C+](C(C)C)C=N1. The van der Waals surface area contributed by atoms with Gasteiger partial charge in [0, 0.05) is 37.2 Å². The predicted octanol–water partition coefficient (Wildman–Crippen LogP) is 8.23. The predicted molar refractivity (Wildman–Crippen MR) is 244 cm³/mol. The standard InChI is InChI=1S/C52H84N3O6/c1-7-10-42(47(57)28-40-25-39(30-55-40)32(4)5)38-23-34(21-33-19-20-54-50(53)24-33)22-36-15-17-43(41-12-9-8-11-35(41)14-13-31(2)3)44-29-48(58)49(61-6)27-37(44)16-18-46(56)52(60)51(59)45(36)26-38/h25,30-38,41-45,47-50,52,54,57-58,60H,7-14,16,18-24,26-29,53H2,1-6H3/q+1/t33?,34-,35?,36-,37?,38-,41?,42-,43+,44?,45-,47+,48?,49?,50?,52-/m0/s1. The second kappa shape index (κ2) is 22.7. The fourth-order valence-corrected chi connectivity index (χ4v) is 13.1. The van der Waals surface area contributed by atoms with E-state index in [1.54, 1.807) is 7.11 Å². The van der Waals surface area contributed by atoms with Gasteiger partial charge < -0.3 is 31.1 Å². The maximum atomic E-state index is 14.9. The second-order valence-electron chi connectivity index (χ2n) is 21.5. The Morgan fingerprint density at radius 1 is 0.951 bits per heavy atom. The highest BCUT2D eigenvalue weighted by Crippen LogP contribution is 2.50. The molecule has 0 radical (unpaired) electrons. The molecule has 6 aliphatic rings. The first-order valence-corrected chi connectivity index (χ1v) is 25.0. The minimum Gasteiger partial charge on any atom is -0.391 e. The Morgan fingerprint density at radius 3 is 2.44 bits per heavy atom. The van der Waals surface area contributed by atoms with E-state index in [0.29, 0.717) is 61.7 Å². The molecule has 342 valence electrons. The van der Waals surface area contributed by atoms with Crippen LogP contribution in [0.3, 0.4) is 0 Å². The largest absolute Gasteiger partial charge is 0.391 e. The van der Waals surface area contributed by atoms with Gasteiger partial charge in [0.05, 0.1) is 30.9 Å². The molecule has 8 unspecified atom stereocenters. The summed E-state index contributed by atoms with van der Waals surface area (Å²) in [6.07, 6.45) is 17.1. The van der Waals surface area contributed by atoms with Gasteiger partial charge in [-0.15, -0.1) is 4.99 Å². The third-order valence-corrected chi connectivity index (χ3v) is 16.5. The molecule has 9 nitrogen and oxygen atoms in total. The Morgan fingerprint density at radius 2 is 1.74 bits per heavy atom. The summed E-state index contributed by atoms with van der Waals surface area (Å²) in [5, 5.41) is 38.9. The Labute approximate surface area is 369 Å². The fraction of sp³-hybridized carbons (Fsp3) is 0.846. The van der Waals surface area contributed by atoms with Gasteiger partial charge in [0.1, 0.15) is 18.2 Å². The average Bonchev–Trinajstić information content (AvgIpc) is 3.63. The van der Waals surface area contributed by atoms with Crippen molar-refractivity contribution in [2.75, 3.05) is 13.7 Å². The van der Waals surface area contributed by atoms with Crippen molar-refractivity contribution in [1.82, 2.24) is 5.32 Å². The highest BCUT2D eigenvalue weighted by atomic mass is 16.5. The number of piperidine rings is 1. The Kier molecular flexibility index (Phi) is 18.0. The summed E-state index contributed by atoms with van der Waals surface area (Å²) in [5.41, 5.74) is 7.38. The van der Waals surface area contributed by atoms with Crippen molar-refractivity contribution in [1.29, 1.82) is 0 Å². The van der Waals surface area contributed by atoms with Crippen molar-refractivity contribution in [2.45, 2.75) is 187 Å². The molecule has 4 aliphatic carbocycles. The summed E-state index contributed by atoms with van der Waals surface area (Å²) in [6, 6.07) is 0. The Hall–Kier alpha value is -2.06. The lowest BCUT2D eigenvalue weighted by Crippen LogP contribution is -2.46. The van der Waals surface area contributed by atoms with Gasteiger partial charge in [-0.1, -0.05) is 64.7 Å². The number of methoxy groups -OCH3 is 1. The smallest absolute Gasteiger partial charge is 0.177 e. The topological polar surface area (TPSA) is 154 Å². The number of ether oxygens (including phenoxy) is 1. The van der Waals surface area contributed by atoms with Gasteiger partial charge in [-0.3, -0.25) is 9.59 Å². The lowest BCUT2D eigenvalue weighted by Gasteiger charge is -2.46. The Bertz CT molecular complexity index is 1550. The van der Waals surface area contributed by atoms with Crippen LogP contribution in [0.4, 0.5) is 0 Å². The van der Waals surface area contributed by atoms with Crippen molar-refractivity contribution >= 4 is 17.8 Å². The van der Waals surface area contributed by atoms with Crippen LogP contribution >= 0.6 is 0 Å². The third-order valence-electron chi connectivity index (χ3n) is 16.5. The monoisotopic (exact) mass is 847 g/mol. The number of nitrogens with zero attached hydrogens (tertiary/aromatic N) is 1. The first kappa shape index (κ1) is 48.4. The number of Topliss-reactive ketones (excluding diaryl/α,β-unsaturated/α-hetero) is 2. The molecule has 6 N–H and O–H groups in total. The average molecular weight is 847 g/mol. The molecule has 3 saturated carbocycles. The van der Waals surface area contributed by atoms with Gasteiger partial charge in [-0.25, -0.2) is 0 Å². The molecule has 6 rings (SSSR count). The van der Waals surface area contributed by atoms with E-state index < -0.39 is 30.0 Å². The molecule has 16 atom stereocenters. The molecule has 4 fully saturated rings. The number of carbonyl (C=O) groups is 2. The van der Waals surface area contributed by atoms with Crippen LogP contribution in [0.25, 0.3) is 0 Å². The number of aliphatic hydroxyl groups excluding tert-OH is 3. The maximum Gasteiger partial charge on any atom is 0.177 e. The van der Waals surface area contributed by atoms with E-state index >= 15 is 0 Å². The van der Waals surface area contributed by atoms with Gasteiger partial charge in [0.15, 0.2) is 23.4 Å². The zero-order chi connectivity index (χ0) is 43.8. The number of aliphatic hydroxyl groups is 3. The number of hydrogen-bond acceptors (Lipinski definition) is 9. The van der Waals surface area contributed by atoms with E-state index in [2.05, 4.69) is 57.9 Å². The van der Waals surface area contributed by atoms with Crippen LogP contribution in [0, 0.1) is 94.7 Å². The summed E-state index contributed by atoms with van der Waals surface area (Å²) in [4.78, 5) is 33.6. The highest BCUT2D eigenvalue weighted by molar-refractivity contribution is 6.06. The molecule has 0 aromatic carbocycles. The van der Waals surface area contributed by atoms with Gasteiger partial charge in [-0.05, 0) is 151 Å². The molecule has 2 aliphatic heterocycles. The number of hydrogen-bond donors (Lipinski definition) is 5. The van der Waals surface area contributed by atoms with Crippen LogP contribution in [-0.2, 0) is 14.3 Å². The number of fused-ring (bicyclic) bond motifs is 2. The minimum absolute atomic E-state index is 0.0178. The number of nitrogens with one attached hydrogen (secondary N) is 1. The molecule has 61 heavy (non-hydrogen) atoms. The van der Waals surface area contributed by atoms with Crippen molar-refractivity contribution in [3.05, 3.63) is 17.7 Å². The van der Waals surface area contributed by atoms with E-state index in [-0.39, 0.29) is 65.9 Å². The van der Waals surface area contributed by atoms with E-state index in [9.17, 15) is 24.9 Å². The number of rotatable bonds is 14. The number of carbonyl (C=O) groups excluding carboxylic acids is 2. The van der Waals surface area contributed by atoms with Crippen LogP contribution in [-0.4, -0.2) is 77.3 Å². The molecular formula is C52H84N3O6+. The molecule has 0 aromatic rings. The summed E-state index contributed by atoms with van der Waals surface area (Å²) in [6.45, 7) is 12.0. The van der Waals surface area contributed by atoms with Gasteiger partial charge >= 0.3 is 0 Å². The molecule has 0 amide bonds. The van der Waals surface area contributed by atoms with E-state index in [1.165, 1.54) is 38.0 Å². The van der Waals surface area contributed by atoms with Gasteiger partial charge in [0.2, 0.25) is 0 Å².